The summed E-state index contributed by atoms with van der Waals surface area (Å²) in [6, 6.07) is 0.555. The Morgan fingerprint density at radius 3 is 2.47 bits per heavy atom. The maximum atomic E-state index is 15.1. The van der Waals surface area contributed by atoms with E-state index in [9.17, 15) is 50.6 Å². The number of methoxy groups -OCH3 is 1. The van der Waals surface area contributed by atoms with Crippen molar-refractivity contribution in [1.29, 1.82) is 0 Å². The predicted octanol–water partition coefficient (Wildman–Crippen LogP) is 4.67. The number of carbonyl (C=O) groups is 4. The fourth-order valence-electron chi connectivity index (χ4n) is 8.52. The van der Waals surface area contributed by atoms with Crippen molar-refractivity contribution in [1.82, 2.24) is 24.8 Å². The van der Waals surface area contributed by atoms with Gasteiger partial charge in [-0.05, 0) is 87.8 Å². The summed E-state index contributed by atoms with van der Waals surface area (Å²) in [5.41, 5.74) is -4.93. The summed E-state index contributed by atoms with van der Waals surface area (Å²) in [6.07, 6.45) is -2.54. The highest BCUT2D eigenvalue weighted by atomic mass is 32.2. The highest BCUT2D eigenvalue weighted by molar-refractivity contribution is 7.91. The fraction of sp³-hybridized carbons (Fsp3) is 0.625. The Morgan fingerprint density at radius 1 is 1.17 bits per heavy atom. The second-order valence-electron chi connectivity index (χ2n) is 17.0. The van der Waals surface area contributed by atoms with Gasteiger partial charge >= 0.3 is 12.3 Å². The molecule has 3 fully saturated rings. The Morgan fingerprint density at radius 2 is 1.87 bits per heavy atom. The van der Waals surface area contributed by atoms with Crippen molar-refractivity contribution in [3.8, 4) is 11.6 Å². The lowest BCUT2D eigenvalue weighted by atomic mass is 9.82. The molecule has 6 rings (SSSR count). The van der Waals surface area contributed by atoms with Crippen molar-refractivity contribution in [3.05, 3.63) is 42.4 Å². The van der Waals surface area contributed by atoms with Gasteiger partial charge in [-0.15, -0.1) is 0 Å². The number of nitrogens with zero attached hydrogens (tertiary/aromatic N) is 3. The average molecular weight is 870 g/mol. The number of fused-ring (bicyclic) bond motifs is 3. The number of carbonyl (C=O) groups excluding carboxylic acids is 3. The molecule has 0 spiro atoms. The number of halogens is 4. The molecule has 4 N–H and O–H groups in total. The zero-order valence-electron chi connectivity index (χ0n) is 33.9. The van der Waals surface area contributed by atoms with E-state index in [1.807, 2.05) is 11.6 Å². The van der Waals surface area contributed by atoms with Gasteiger partial charge in [0.15, 0.2) is 11.6 Å². The standard InChI is InChI=1S/C40H51F4N5O10S/c1-6-23-15-22(2)9-7-8-10-25-19-39(25,35(53)47-60(56,57)38(21-50)12-13-38)46-32(51)29-17-26(59-33-27-18-28(41)30(58-5)16-24(27)11-14-45-33)20-48(29)34(52)31(23)49(36(54)55)37(3,4)40(42,43)44/h8,10-11,14,16,18,22-23,25-26,29,31,50H,6-7,9,12-13,15,17,19-21H2,1-5H3,(H,46,51)(H,47,53)(H,54,55)/t22-,23+,25+,26+,29-,31-,39+/m0/s1. The van der Waals surface area contributed by atoms with Crippen molar-refractivity contribution in [3.63, 3.8) is 0 Å². The summed E-state index contributed by atoms with van der Waals surface area (Å²) in [5.74, 6) is -5.97. The van der Waals surface area contributed by atoms with E-state index in [0.717, 1.165) is 11.0 Å². The van der Waals surface area contributed by atoms with Gasteiger partial charge in [0.1, 0.15) is 34.0 Å². The van der Waals surface area contributed by atoms with Gasteiger partial charge in [0, 0.05) is 23.9 Å². The first-order chi connectivity index (χ1) is 28.1. The number of carboxylic acid groups (broad SMARTS) is 1. The summed E-state index contributed by atoms with van der Waals surface area (Å²) in [4.78, 5) is 62.0. The SMILES string of the molecule is CC[C@@H]1C[C@@H](C)CCC=C[C@@H]2C[C@@]2(C(=O)NS(=O)(=O)C2(CO)CC2)NC(=O)[C@@H]2C[C@@H](Oc3nccc4cc(OC)c(F)cc34)CN2C(=O)[C@H]1N(C(=O)O)C(C)(C)C(F)(F)F. The molecule has 4 aliphatic rings. The summed E-state index contributed by atoms with van der Waals surface area (Å²) < 4.78 is 97.6. The zero-order chi connectivity index (χ0) is 44.2. The monoisotopic (exact) mass is 869 g/mol. The summed E-state index contributed by atoms with van der Waals surface area (Å²) in [5, 5.41) is 23.7. The quantitative estimate of drug-likeness (QED) is 0.191. The molecule has 2 aliphatic heterocycles. The van der Waals surface area contributed by atoms with E-state index in [0.29, 0.717) is 32.1 Å². The van der Waals surface area contributed by atoms with Crippen LogP contribution in [0.1, 0.15) is 79.1 Å². The number of nitrogens with one attached hydrogen (secondary N) is 2. The number of aliphatic hydroxyl groups excluding tert-OH is 1. The number of aliphatic hydroxyl groups is 1. The highest BCUT2D eigenvalue weighted by Crippen LogP contribution is 2.48. The first-order valence-corrected chi connectivity index (χ1v) is 21.4. The molecule has 330 valence electrons. The molecule has 0 bridgehead atoms. The molecule has 3 heterocycles. The van der Waals surface area contributed by atoms with Crippen LogP contribution >= 0.6 is 0 Å². The maximum Gasteiger partial charge on any atom is 0.411 e. The van der Waals surface area contributed by atoms with Crippen LogP contribution in [0.3, 0.4) is 0 Å². The van der Waals surface area contributed by atoms with Crippen LogP contribution in [0, 0.1) is 23.6 Å². The lowest BCUT2D eigenvalue weighted by Gasteiger charge is -2.46. The molecule has 60 heavy (non-hydrogen) atoms. The van der Waals surface area contributed by atoms with Gasteiger partial charge in [-0.25, -0.2) is 22.6 Å². The van der Waals surface area contributed by atoms with E-state index in [-0.39, 0.29) is 66.4 Å². The normalized spacial score (nSPS) is 28.4. The molecule has 0 radical (unpaired) electrons. The number of sulfonamides is 1. The number of ether oxygens (including phenoxy) is 2. The van der Waals surface area contributed by atoms with E-state index < -0.39 is 105 Å². The summed E-state index contributed by atoms with van der Waals surface area (Å²) in [6.45, 7) is 3.59. The lowest BCUT2D eigenvalue weighted by Crippen LogP contribution is -2.66. The Balaban J connectivity index is 1.44. The van der Waals surface area contributed by atoms with Gasteiger partial charge < -0.3 is 29.9 Å². The minimum Gasteiger partial charge on any atom is -0.494 e. The lowest BCUT2D eigenvalue weighted by molar-refractivity contribution is -0.222. The molecule has 1 aromatic heterocycles. The van der Waals surface area contributed by atoms with Gasteiger partial charge in [-0.1, -0.05) is 32.4 Å². The van der Waals surface area contributed by atoms with Gasteiger partial charge in [-0.3, -0.25) is 24.0 Å². The number of aromatic nitrogens is 1. The largest absolute Gasteiger partial charge is 0.494 e. The number of amides is 4. The Bertz CT molecular complexity index is 2170. The second-order valence-corrected chi connectivity index (χ2v) is 19.1. The molecule has 7 atom stereocenters. The van der Waals surface area contributed by atoms with Crippen molar-refractivity contribution >= 4 is 44.6 Å². The molecule has 0 unspecified atom stereocenters. The zero-order valence-corrected chi connectivity index (χ0v) is 34.7. The van der Waals surface area contributed by atoms with Crippen molar-refractivity contribution in [2.75, 3.05) is 20.3 Å². The molecule has 1 saturated heterocycles. The van der Waals surface area contributed by atoms with E-state index in [1.54, 1.807) is 25.1 Å². The number of alkyl halides is 3. The molecular formula is C40H51F4N5O10S. The van der Waals surface area contributed by atoms with Crippen molar-refractivity contribution in [2.45, 2.75) is 119 Å². The topological polar surface area (TPSA) is 205 Å². The van der Waals surface area contributed by atoms with Gasteiger partial charge in [0.05, 0.1) is 20.3 Å². The average Bonchev–Trinajstić information content (AvgIpc) is 4.08. The van der Waals surface area contributed by atoms with Crippen LogP contribution in [-0.2, 0) is 24.4 Å². The Labute approximate surface area is 344 Å². The van der Waals surface area contributed by atoms with Crippen LogP contribution in [-0.4, -0.2) is 118 Å². The van der Waals surface area contributed by atoms with E-state index in [2.05, 4.69) is 10.3 Å². The number of allylic oxidation sites excluding steroid dienone is 1. The Kier molecular flexibility index (Phi) is 12.2. The van der Waals surface area contributed by atoms with E-state index in [4.69, 9.17) is 9.47 Å². The smallest absolute Gasteiger partial charge is 0.411 e. The van der Waals surface area contributed by atoms with Crippen molar-refractivity contribution < 1.29 is 64.8 Å². The molecule has 2 saturated carbocycles. The minimum atomic E-state index is -5.14. The fourth-order valence-corrected chi connectivity index (χ4v) is 9.97. The highest BCUT2D eigenvalue weighted by Gasteiger charge is 2.64. The van der Waals surface area contributed by atoms with Crippen LogP contribution < -0.4 is 19.5 Å². The van der Waals surface area contributed by atoms with Crippen LogP contribution in [0.5, 0.6) is 11.6 Å². The third-order valence-electron chi connectivity index (χ3n) is 12.7. The Hall–Kier alpha value is -4.72. The molecular weight excluding hydrogens is 819 g/mol. The molecule has 15 nitrogen and oxygen atoms in total. The van der Waals surface area contributed by atoms with E-state index >= 15 is 4.79 Å². The first kappa shape index (κ1) is 44.8. The van der Waals surface area contributed by atoms with Gasteiger partial charge in [0.2, 0.25) is 27.7 Å². The van der Waals surface area contributed by atoms with Gasteiger partial charge in [-0.2, -0.15) is 13.2 Å². The molecule has 1 aromatic carbocycles. The van der Waals surface area contributed by atoms with Crippen LogP contribution in [0.2, 0.25) is 0 Å². The maximum absolute atomic E-state index is 15.1. The number of hydrogen-bond donors (Lipinski definition) is 4. The summed E-state index contributed by atoms with van der Waals surface area (Å²) in [7, 11) is -3.12. The summed E-state index contributed by atoms with van der Waals surface area (Å²) >= 11 is 0. The van der Waals surface area contributed by atoms with Crippen LogP contribution in [0.4, 0.5) is 22.4 Å². The number of hydrogen-bond acceptors (Lipinski definition) is 10. The second kappa shape index (κ2) is 16.3. The predicted molar refractivity (Wildman–Crippen MR) is 208 cm³/mol. The number of pyridine rings is 1. The third kappa shape index (κ3) is 8.20. The van der Waals surface area contributed by atoms with Crippen LogP contribution in [0.15, 0.2) is 36.5 Å². The molecule has 4 amide bonds. The molecule has 2 aromatic rings. The molecule has 20 heteroatoms. The van der Waals surface area contributed by atoms with E-state index in [1.165, 1.54) is 19.4 Å². The molecule has 2 aliphatic carbocycles. The first-order valence-electron chi connectivity index (χ1n) is 19.9. The number of benzene rings is 1. The number of rotatable bonds is 10. The third-order valence-corrected chi connectivity index (χ3v) is 14.8. The van der Waals surface area contributed by atoms with Crippen molar-refractivity contribution in [2.24, 2.45) is 17.8 Å². The van der Waals surface area contributed by atoms with Gasteiger partial charge in [0.25, 0.3) is 5.91 Å². The minimum absolute atomic E-state index is 0.0408. The van der Waals surface area contributed by atoms with Crippen LogP contribution in [0.25, 0.3) is 10.8 Å².